The second kappa shape index (κ2) is 40.1. The van der Waals surface area contributed by atoms with Gasteiger partial charge in [0.1, 0.15) is 34.5 Å². The fraction of sp³-hybridized carbons (Fsp3) is 0.111. The summed E-state index contributed by atoms with van der Waals surface area (Å²) >= 11 is 0. The average molecular weight is 1650 g/mol. The number of aromatic hydroxyl groups is 6. The van der Waals surface area contributed by atoms with Crippen LogP contribution in [0.2, 0.25) is 0 Å². The average Bonchev–Trinajstić information content (AvgIpc) is 0.770. The number of aromatic nitrogens is 8. The molecule has 0 aliphatic carbocycles. The topological polar surface area (TPSA) is 274 Å². The Morgan fingerprint density at radius 1 is 0.206 bits per heavy atom. The Kier molecular flexibility index (Phi) is 27.0. The van der Waals surface area contributed by atoms with Gasteiger partial charge in [-0.2, -0.15) is 0 Å². The number of hydrogen-bond donors (Lipinski definition) is 6. The SMILES string of the molecule is Cc1cc2c(-c3ccccc3)nc3ccccc3nc(-c3ccccc3)c3cc(C)cc(c(-c4ccccc4)nc4ccccc4nc(-c4ccccc4)c(c1)c2O)c3O.Cc1cc2c(O)c(c1)C=NCCCN=Cc1cc(C)cc(c1O)C=NCCCN=C2.Cc1cc2cnc3ccccc3ncc3cc(C)cc(cnc4ccccc4ncc(c1)c2O)c3O. The Labute approximate surface area is 729 Å². The molecule has 0 saturated heterocycles. The summed E-state index contributed by atoms with van der Waals surface area (Å²) in [5.41, 5.74) is 19.0. The minimum Gasteiger partial charge on any atom is -0.507 e. The molecule has 14 aromatic carbocycles. The van der Waals surface area contributed by atoms with Gasteiger partial charge in [0.15, 0.2) is 0 Å². The van der Waals surface area contributed by atoms with Crippen molar-refractivity contribution >= 4 is 112 Å². The molecule has 12 bridgehead atoms. The Morgan fingerprint density at radius 3 is 0.635 bits per heavy atom. The highest BCUT2D eigenvalue weighted by molar-refractivity contribution is 6.01. The Morgan fingerprint density at radius 2 is 0.405 bits per heavy atom. The molecule has 1 aliphatic heterocycles. The summed E-state index contributed by atoms with van der Waals surface area (Å²) in [4.78, 5) is 57.6. The lowest BCUT2D eigenvalue weighted by Crippen LogP contribution is -1.96. The molecule has 0 spiro atoms. The summed E-state index contributed by atoms with van der Waals surface area (Å²) in [7, 11) is 0. The summed E-state index contributed by atoms with van der Waals surface area (Å²) in [5.74, 6) is 0.655. The number of hydrogen-bond acceptors (Lipinski definition) is 18. The predicted molar refractivity (Wildman–Crippen MR) is 516 cm³/mol. The summed E-state index contributed by atoms with van der Waals surface area (Å²) < 4.78 is 0. The minimum atomic E-state index is 0.0409. The fourth-order valence-corrected chi connectivity index (χ4v) is 14.8. The number of rotatable bonds is 4. The van der Waals surface area contributed by atoms with E-state index in [0.717, 1.165) is 68.5 Å². The third-order valence-electron chi connectivity index (χ3n) is 20.9. The van der Waals surface area contributed by atoms with Crippen molar-refractivity contribution in [1.29, 1.82) is 0 Å². The molecular weight excluding hydrogens is 1560 g/mol. The Hall–Kier alpha value is -16.1. The van der Waals surface area contributed by atoms with Crippen molar-refractivity contribution in [1.82, 2.24) is 39.9 Å². The van der Waals surface area contributed by atoms with Crippen LogP contribution in [-0.2, 0) is 0 Å². The van der Waals surface area contributed by atoms with E-state index in [1.54, 1.807) is 49.6 Å². The molecule has 6 N–H and O–H groups in total. The van der Waals surface area contributed by atoms with Gasteiger partial charge in [-0.25, -0.2) is 19.9 Å². The monoisotopic (exact) mass is 1650 g/mol. The van der Waals surface area contributed by atoms with Crippen LogP contribution in [-0.4, -0.2) is 122 Å². The van der Waals surface area contributed by atoms with Crippen LogP contribution in [0, 0.1) is 41.5 Å². The van der Waals surface area contributed by atoms with E-state index in [9.17, 15) is 30.6 Å². The number of phenolic OH excluding ortho intramolecular Hbond substituents is 6. The zero-order valence-corrected chi connectivity index (χ0v) is 70.6. The molecule has 0 radical (unpaired) electrons. The minimum absolute atomic E-state index is 0.0409. The molecule has 16 aromatic rings. The van der Waals surface area contributed by atoms with Crippen LogP contribution in [0.4, 0.5) is 0 Å². The molecule has 2 aromatic heterocycles. The number of para-hydroxylation sites is 8. The lowest BCUT2D eigenvalue weighted by molar-refractivity contribution is 0.473. The van der Waals surface area contributed by atoms with E-state index in [0.29, 0.717) is 158 Å². The van der Waals surface area contributed by atoms with Crippen LogP contribution in [0.15, 0.2) is 336 Å². The molecule has 0 fully saturated rings. The zero-order chi connectivity index (χ0) is 87.4. The molecule has 1 aliphatic rings. The summed E-state index contributed by atoms with van der Waals surface area (Å²) in [6.07, 6.45) is 14.8. The van der Waals surface area contributed by atoms with Crippen LogP contribution in [0.25, 0.3) is 132 Å². The summed E-state index contributed by atoms with van der Waals surface area (Å²) in [5, 5.41) is 72.5. The van der Waals surface area contributed by atoms with Crippen molar-refractivity contribution in [2.24, 2.45) is 20.0 Å². The maximum absolute atomic E-state index is 12.6. The highest BCUT2D eigenvalue weighted by Crippen LogP contribution is 2.41. The first-order valence-corrected chi connectivity index (χ1v) is 41.5. The molecule has 0 saturated carbocycles. The highest BCUT2D eigenvalue weighted by atomic mass is 16.3. The van der Waals surface area contributed by atoms with E-state index >= 15 is 0 Å². The summed E-state index contributed by atoms with van der Waals surface area (Å²) in [6, 6.07) is 92.7. The lowest BCUT2D eigenvalue weighted by Gasteiger charge is -2.11. The van der Waals surface area contributed by atoms with Crippen LogP contribution in [0.1, 0.15) is 68.5 Å². The fourth-order valence-electron chi connectivity index (χ4n) is 14.8. The smallest absolute Gasteiger partial charge is 0.134 e. The maximum Gasteiger partial charge on any atom is 0.134 e. The lowest BCUT2D eigenvalue weighted by atomic mass is 9.99. The van der Waals surface area contributed by atoms with Crippen molar-refractivity contribution in [3.05, 3.63) is 372 Å². The molecule has 0 amide bonds. The maximum atomic E-state index is 12.6. The molecule has 3 heterocycles. The van der Waals surface area contributed by atoms with Gasteiger partial charge >= 0.3 is 0 Å². The van der Waals surface area contributed by atoms with Gasteiger partial charge in [0.05, 0.1) is 66.9 Å². The van der Waals surface area contributed by atoms with Gasteiger partial charge in [-0.05, 0) is 209 Å². The second-order valence-corrected chi connectivity index (χ2v) is 30.7. The number of fused-ring (bicyclic) bond motifs is 16. The van der Waals surface area contributed by atoms with E-state index in [1.807, 2.05) is 333 Å². The first-order chi connectivity index (χ1) is 61.4. The van der Waals surface area contributed by atoms with Crippen LogP contribution in [0.3, 0.4) is 0 Å². The quantitative estimate of drug-likeness (QED) is 0.0956. The van der Waals surface area contributed by atoms with Gasteiger partial charge in [-0.1, -0.05) is 170 Å². The van der Waals surface area contributed by atoms with Crippen LogP contribution in [0.5, 0.6) is 34.5 Å². The summed E-state index contributed by atoms with van der Waals surface area (Å²) in [6.45, 7) is 14.3. The first-order valence-electron chi connectivity index (χ1n) is 41.5. The Bertz CT molecular complexity index is 6480. The van der Waals surface area contributed by atoms with Gasteiger partial charge in [0, 0.05) is 163 Å². The molecule has 18 nitrogen and oxygen atoms in total. The van der Waals surface area contributed by atoms with E-state index in [2.05, 4.69) is 39.9 Å². The molecule has 17 rings (SSSR count). The van der Waals surface area contributed by atoms with Gasteiger partial charge < -0.3 is 30.6 Å². The van der Waals surface area contributed by atoms with Gasteiger partial charge in [0.25, 0.3) is 0 Å². The Balaban J connectivity index is 0.000000158. The number of aryl methyl sites for hydroxylation is 6. The number of nitrogens with zero attached hydrogens (tertiary/aromatic N) is 12. The van der Waals surface area contributed by atoms with Crippen LogP contribution < -0.4 is 0 Å². The zero-order valence-electron chi connectivity index (χ0n) is 70.6. The van der Waals surface area contributed by atoms with Crippen molar-refractivity contribution in [2.45, 2.75) is 54.4 Å². The van der Waals surface area contributed by atoms with E-state index in [-0.39, 0.29) is 34.5 Å². The van der Waals surface area contributed by atoms with Crippen LogP contribution >= 0.6 is 0 Å². The largest absolute Gasteiger partial charge is 0.507 e. The predicted octanol–water partition coefficient (Wildman–Crippen LogP) is 24.0. The molecule has 0 unspecified atom stereocenters. The first kappa shape index (κ1) is 84.9. The second-order valence-electron chi connectivity index (χ2n) is 30.7. The third kappa shape index (κ3) is 20.7. The van der Waals surface area contributed by atoms with Crippen molar-refractivity contribution < 1.29 is 30.6 Å². The normalized spacial score (nSPS) is 11.9. The van der Waals surface area contributed by atoms with Crippen molar-refractivity contribution in [2.75, 3.05) is 26.2 Å². The van der Waals surface area contributed by atoms with E-state index in [1.165, 1.54) is 0 Å². The molecule has 620 valence electrons. The number of benzene rings is 14. The van der Waals surface area contributed by atoms with E-state index < -0.39 is 0 Å². The standard InChI is InChI=1S/C54H40N4O2.C30H24N4O2.C24H28N4O2/c1-35-31-41-49(37-19-7-3-8-20-37)55-45-27-15-17-29-47(45)57-51(39-23-11-5-12-24-39)43-33-36(2)34-44(54(43)60)52(40-25-13-6-14-26-40)58-48-30-18-16-28-46(48)56-50(42(32-35)53(41)59)38-21-9-4-10-22-38;1-19-11-21-15-31-25-7-3-5-9-27(25)33-17-23-13-20(2)14-24(30(23)36)18-34-28-10-6-4-8-26(28)32-16-22(12-19)29(21)35;1-17-9-19-13-25-5-3-7-27-15-21-11-18(2)12-22(24(21)30)16-28-8-4-6-26-14-20(10-17)23(19)29/h3-34,59-60H,1-2H3;3-18,35-36H,1-2H3;9-16,29-30H,3-8H2,1-2H3. The van der Waals surface area contributed by atoms with E-state index in [4.69, 9.17) is 19.9 Å². The van der Waals surface area contributed by atoms with Crippen molar-refractivity contribution in [3.63, 3.8) is 0 Å². The molecule has 126 heavy (non-hydrogen) atoms. The third-order valence-corrected chi connectivity index (χ3v) is 20.9. The highest BCUT2D eigenvalue weighted by Gasteiger charge is 2.18. The molecule has 0 atom stereocenters. The molecule has 18 heteroatoms. The number of phenols is 6. The van der Waals surface area contributed by atoms with Gasteiger partial charge in [-0.15, -0.1) is 0 Å². The number of aliphatic imine (C=N–C) groups is 4. The molecular formula is C108H92N12O6. The van der Waals surface area contributed by atoms with Gasteiger partial charge in [0.2, 0.25) is 0 Å². The van der Waals surface area contributed by atoms with Crippen molar-refractivity contribution in [3.8, 4) is 79.5 Å². The van der Waals surface area contributed by atoms with Gasteiger partial charge in [-0.3, -0.25) is 39.9 Å².